The van der Waals surface area contributed by atoms with Gasteiger partial charge in [0.25, 0.3) is 0 Å². The van der Waals surface area contributed by atoms with Gasteiger partial charge in [0, 0.05) is 12.6 Å². The lowest BCUT2D eigenvalue weighted by atomic mass is 9.85. The number of rotatable bonds is 5. The van der Waals surface area contributed by atoms with Gasteiger partial charge in [0.2, 0.25) is 0 Å². The molecule has 0 radical (unpaired) electrons. The number of hydrogen-bond acceptors (Lipinski definition) is 1. The van der Waals surface area contributed by atoms with E-state index >= 15 is 0 Å². The van der Waals surface area contributed by atoms with E-state index in [1.165, 1.54) is 12.1 Å². The predicted molar refractivity (Wildman–Crippen MR) is 87.1 cm³/mol. The summed E-state index contributed by atoms with van der Waals surface area (Å²) in [5.74, 6) is 2.23. The highest BCUT2D eigenvalue weighted by atomic mass is 35.5. The molecule has 1 atom stereocenters. The molecule has 116 valence electrons. The number of halogens is 2. The summed E-state index contributed by atoms with van der Waals surface area (Å²) in [6.07, 6.45) is 0. The Labute approximate surface area is 131 Å². The first-order valence-corrected chi connectivity index (χ1v) is 8.04. The molecule has 0 N–H and O–H groups in total. The van der Waals surface area contributed by atoms with E-state index in [-0.39, 0.29) is 11.2 Å². The van der Waals surface area contributed by atoms with Gasteiger partial charge in [0.15, 0.2) is 0 Å². The molecule has 0 aliphatic rings. The highest BCUT2D eigenvalue weighted by Crippen LogP contribution is 2.29. The molecular formula is C17H24ClFN2. The molecule has 21 heavy (non-hydrogen) atoms. The van der Waals surface area contributed by atoms with Crippen LogP contribution in [0.3, 0.4) is 0 Å². The number of imidazole rings is 1. The van der Waals surface area contributed by atoms with Gasteiger partial charge in [0.1, 0.15) is 11.6 Å². The van der Waals surface area contributed by atoms with E-state index in [9.17, 15) is 4.39 Å². The number of nitrogens with zero attached hydrogens (tertiary/aromatic N) is 2. The average molecular weight is 311 g/mol. The van der Waals surface area contributed by atoms with E-state index in [1.54, 1.807) is 6.07 Å². The fraction of sp³-hybridized carbons (Fsp3) is 0.588. The third-order valence-electron chi connectivity index (χ3n) is 4.20. The maximum Gasteiger partial charge on any atom is 0.127 e. The molecule has 0 aliphatic carbocycles. The minimum absolute atomic E-state index is 0.194. The molecule has 0 amide bonds. The fourth-order valence-electron chi connectivity index (χ4n) is 3.02. The molecule has 2 aromatic rings. The van der Waals surface area contributed by atoms with Gasteiger partial charge in [-0.15, -0.1) is 11.6 Å². The van der Waals surface area contributed by atoms with Crippen LogP contribution < -0.4 is 0 Å². The molecule has 0 saturated heterocycles. The van der Waals surface area contributed by atoms with Gasteiger partial charge >= 0.3 is 0 Å². The van der Waals surface area contributed by atoms with E-state index in [0.29, 0.717) is 23.3 Å². The van der Waals surface area contributed by atoms with E-state index in [2.05, 4.69) is 37.2 Å². The minimum Gasteiger partial charge on any atom is -0.326 e. The van der Waals surface area contributed by atoms with Crippen molar-refractivity contribution in [3.8, 4) is 0 Å². The highest BCUT2D eigenvalue weighted by Gasteiger charge is 2.22. The van der Waals surface area contributed by atoms with Crippen LogP contribution in [0.1, 0.15) is 45.8 Å². The Hall–Kier alpha value is -1.09. The SMILES string of the molecule is CC(Cl)c1nc2cc(F)ccc2n1CC(C(C)C)C(C)C. The monoisotopic (exact) mass is 310 g/mol. The second-order valence-electron chi connectivity index (χ2n) is 6.48. The highest BCUT2D eigenvalue weighted by molar-refractivity contribution is 6.20. The Morgan fingerprint density at radius 1 is 1.14 bits per heavy atom. The summed E-state index contributed by atoms with van der Waals surface area (Å²) in [6, 6.07) is 4.77. The van der Waals surface area contributed by atoms with Crippen LogP contribution in [0.2, 0.25) is 0 Å². The number of hydrogen-bond donors (Lipinski definition) is 0. The van der Waals surface area contributed by atoms with Crippen LogP contribution in [0.25, 0.3) is 11.0 Å². The summed E-state index contributed by atoms with van der Waals surface area (Å²) in [6.45, 7) is 11.8. The van der Waals surface area contributed by atoms with Crippen LogP contribution in [-0.4, -0.2) is 9.55 Å². The van der Waals surface area contributed by atoms with Crippen LogP contribution in [-0.2, 0) is 6.54 Å². The van der Waals surface area contributed by atoms with Crippen molar-refractivity contribution in [3.05, 3.63) is 29.8 Å². The van der Waals surface area contributed by atoms with Crippen LogP contribution in [0.15, 0.2) is 18.2 Å². The molecule has 0 spiro atoms. The lowest BCUT2D eigenvalue weighted by Gasteiger charge is -2.26. The number of benzene rings is 1. The van der Waals surface area contributed by atoms with Crippen LogP contribution in [0.4, 0.5) is 4.39 Å². The standard InChI is InChI=1S/C17H24ClFN2/c1-10(2)14(11(3)4)9-21-16-7-6-13(19)8-15(16)20-17(21)12(5)18/h6-8,10-12,14H,9H2,1-5H3. The summed E-state index contributed by atoms with van der Waals surface area (Å²) >= 11 is 6.29. The molecule has 2 rings (SSSR count). The molecule has 1 aromatic carbocycles. The topological polar surface area (TPSA) is 17.8 Å². The fourth-order valence-corrected chi connectivity index (χ4v) is 3.19. The second kappa shape index (κ2) is 6.35. The summed E-state index contributed by atoms with van der Waals surface area (Å²) in [5, 5.41) is -0.194. The van der Waals surface area contributed by atoms with E-state index in [0.717, 1.165) is 17.9 Å². The average Bonchev–Trinajstić information content (AvgIpc) is 2.72. The van der Waals surface area contributed by atoms with Gasteiger partial charge in [0.05, 0.1) is 16.4 Å². The van der Waals surface area contributed by atoms with Gasteiger partial charge < -0.3 is 4.57 Å². The van der Waals surface area contributed by atoms with Crippen molar-refractivity contribution in [2.24, 2.45) is 17.8 Å². The summed E-state index contributed by atoms with van der Waals surface area (Å²) < 4.78 is 15.6. The normalized spacial score (nSPS) is 13.8. The predicted octanol–water partition coefficient (Wildman–Crippen LogP) is 5.40. The summed E-state index contributed by atoms with van der Waals surface area (Å²) in [7, 11) is 0. The zero-order valence-corrected chi connectivity index (χ0v) is 14.2. The van der Waals surface area contributed by atoms with E-state index in [1.807, 2.05) is 6.92 Å². The largest absolute Gasteiger partial charge is 0.326 e. The number of alkyl halides is 1. The first-order valence-electron chi connectivity index (χ1n) is 7.61. The number of aromatic nitrogens is 2. The van der Waals surface area contributed by atoms with Crippen LogP contribution in [0, 0.1) is 23.6 Å². The maximum atomic E-state index is 13.4. The van der Waals surface area contributed by atoms with Crippen molar-refractivity contribution in [1.82, 2.24) is 9.55 Å². The Morgan fingerprint density at radius 2 is 1.76 bits per heavy atom. The van der Waals surface area contributed by atoms with Crippen molar-refractivity contribution in [3.63, 3.8) is 0 Å². The third kappa shape index (κ3) is 3.39. The molecule has 1 heterocycles. The van der Waals surface area contributed by atoms with Gasteiger partial charge in [-0.1, -0.05) is 27.7 Å². The van der Waals surface area contributed by atoms with Crippen LogP contribution in [0.5, 0.6) is 0 Å². The quantitative estimate of drug-likeness (QED) is 0.676. The zero-order valence-electron chi connectivity index (χ0n) is 13.4. The molecule has 1 aromatic heterocycles. The van der Waals surface area contributed by atoms with Gasteiger partial charge in [-0.25, -0.2) is 9.37 Å². The Bertz CT molecular complexity index is 609. The second-order valence-corrected chi connectivity index (χ2v) is 7.14. The van der Waals surface area contributed by atoms with Crippen molar-refractivity contribution in [2.45, 2.75) is 46.5 Å². The lowest BCUT2D eigenvalue weighted by molar-refractivity contribution is 0.252. The molecular weight excluding hydrogens is 287 g/mol. The first kappa shape index (κ1) is 16.3. The summed E-state index contributed by atoms with van der Waals surface area (Å²) in [5.41, 5.74) is 1.65. The van der Waals surface area contributed by atoms with E-state index in [4.69, 9.17) is 11.6 Å². The van der Waals surface area contributed by atoms with Gasteiger partial charge in [-0.05, 0) is 36.8 Å². The molecule has 4 heteroatoms. The Morgan fingerprint density at radius 3 is 2.29 bits per heavy atom. The molecule has 0 fully saturated rings. The van der Waals surface area contributed by atoms with Crippen molar-refractivity contribution in [2.75, 3.05) is 0 Å². The Kier molecular flexibility index (Phi) is 4.92. The minimum atomic E-state index is -0.259. The lowest BCUT2D eigenvalue weighted by Crippen LogP contribution is -2.23. The number of fused-ring (bicyclic) bond motifs is 1. The smallest absolute Gasteiger partial charge is 0.127 e. The maximum absolute atomic E-state index is 13.4. The van der Waals surface area contributed by atoms with Gasteiger partial charge in [-0.3, -0.25) is 0 Å². The van der Waals surface area contributed by atoms with Crippen molar-refractivity contribution >= 4 is 22.6 Å². The van der Waals surface area contributed by atoms with Crippen molar-refractivity contribution < 1.29 is 4.39 Å². The summed E-state index contributed by atoms with van der Waals surface area (Å²) in [4.78, 5) is 4.54. The van der Waals surface area contributed by atoms with Gasteiger partial charge in [-0.2, -0.15) is 0 Å². The molecule has 0 bridgehead atoms. The zero-order chi connectivity index (χ0) is 15.7. The first-order chi connectivity index (χ1) is 9.81. The molecule has 0 saturated carbocycles. The molecule has 0 aliphatic heterocycles. The van der Waals surface area contributed by atoms with E-state index < -0.39 is 0 Å². The third-order valence-corrected chi connectivity index (χ3v) is 4.40. The molecule has 2 nitrogen and oxygen atoms in total. The van der Waals surface area contributed by atoms with Crippen molar-refractivity contribution in [1.29, 1.82) is 0 Å². The Balaban J connectivity index is 2.52. The van der Waals surface area contributed by atoms with Crippen LogP contribution >= 0.6 is 11.6 Å². The molecule has 1 unspecified atom stereocenters.